The molecule has 74 valence electrons. The van der Waals surface area contributed by atoms with Crippen LogP contribution in [0.25, 0.3) is 0 Å². The predicted molar refractivity (Wildman–Crippen MR) is 51.4 cm³/mol. The van der Waals surface area contributed by atoms with Crippen LogP contribution in [0.4, 0.5) is 0 Å². The first kappa shape index (κ1) is 10.5. The third-order valence-corrected chi connectivity index (χ3v) is 2.31. The van der Waals surface area contributed by atoms with Crippen LogP contribution in [0.5, 0.6) is 0 Å². The molecule has 0 atom stereocenters. The molecule has 0 unspecified atom stereocenters. The third-order valence-electron chi connectivity index (χ3n) is 1.30. The van der Waals surface area contributed by atoms with E-state index in [4.69, 9.17) is 6.42 Å². The Morgan fingerprint density at radius 3 is 3.14 bits per heavy atom. The van der Waals surface area contributed by atoms with Gasteiger partial charge >= 0.3 is 0 Å². The van der Waals surface area contributed by atoms with Gasteiger partial charge in [-0.1, -0.05) is 17.7 Å². The maximum atomic E-state index is 11.1. The van der Waals surface area contributed by atoms with Crippen molar-refractivity contribution in [3.05, 3.63) is 0 Å². The molecule has 0 bridgehead atoms. The van der Waals surface area contributed by atoms with Gasteiger partial charge in [0.25, 0.3) is 0 Å². The SMILES string of the molecule is C#CCNC(=O)CSc1nnnn1C. The number of hydrogen-bond acceptors (Lipinski definition) is 5. The van der Waals surface area contributed by atoms with E-state index in [0.717, 1.165) is 0 Å². The topological polar surface area (TPSA) is 72.7 Å². The summed E-state index contributed by atoms with van der Waals surface area (Å²) in [7, 11) is 1.71. The average molecular weight is 211 g/mol. The summed E-state index contributed by atoms with van der Waals surface area (Å²) in [5.74, 6) is 2.45. The molecule has 0 aromatic carbocycles. The highest BCUT2D eigenvalue weighted by molar-refractivity contribution is 7.99. The first-order chi connectivity index (χ1) is 6.74. The lowest BCUT2D eigenvalue weighted by molar-refractivity contribution is -0.118. The molecule has 14 heavy (non-hydrogen) atoms. The van der Waals surface area contributed by atoms with E-state index in [0.29, 0.717) is 5.16 Å². The van der Waals surface area contributed by atoms with Crippen molar-refractivity contribution in [2.75, 3.05) is 12.3 Å². The highest BCUT2D eigenvalue weighted by atomic mass is 32.2. The quantitative estimate of drug-likeness (QED) is 0.513. The van der Waals surface area contributed by atoms with Gasteiger partial charge in [-0.15, -0.1) is 11.5 Å². The number of thioether (sulfide) groups is 1. The summed E-state index contributed by atoms with van der Waals surface area (Å²) >= 11 is 1.26. The lowest BCUT2D eigenvalue weighted by Crippen LogP contribution is -2.25. The molecular weight excluding hydrogens is 202 g/mol. The number of carbonyl (C=O) groups excluding carboxylic acids is 1. The number of aryl methyl sites for hydroxylation is 1. The summed E-state index contributed by atoms with van der Waals surface area (Å²) in [6.45, 7) is 0.246. The van der Waals surface area contributed by atoms with E-state index >= 15 is 0 Å². The van der Waals surface area contributed by atoms with Gasteiger partial charge in [-0.3, -0.25) is 4.79 Å². The maximum Gasteiger partial charge on any atom is 0.231 e. The molecule has 0 aliphatic heterocycles. The van der Waals surface area contributed by atoms with Crippen molar-refractivity contribution >= 4 is 17.7 Å². The Morgan fingerprint density at radius 2 is 2.57 bits per heavy atom. The number of rotatable bonds is 4. The third kappa shape index (κ3) is 3.06. The zero-order chi connectivity index (χ0) is 10.4. The molecule has 1 N–H and O–H groups in total. The smallest absolute Gasteiger partial charge is 0.231 e. The van der Waals surface area contributed by atoms with Crippen molar-refractivity contribution < 1.29 is 4.79 Å². The summed E-state index contributed by atoms with van der Waals surface area (Å²) in [6.07, 6.45) is 4.98. The molecule has 1 amide bonds. The van der Waals surface area contributed by atoms with Gasteiger partial charge in [-0.2, -0.15) is 0 Å². The molecule has 1 aromatic rings. The van der Waals surface area contributed by atoms with Crippen LogP contribution in [-0.2, 0) is 11.8 Å². The molecule has 0 fully saturated rings. The summed E-state index contributed by atoms with van der Waals surface area (Å²) in [6, 6.07) is 0. The van der Waals surface area contributed by atoms with Gasteiger partial charge in [0, 0.05) is 7.05 Å². The normalized spacial score (nSPS) is 9.43. The first-order valence-electron chi connectivity index (χ1n) is 3.79. The number of carbonyl (C=O) groups is 1. The van der Waals surface area contributed by atoms with Crippen LogP contribution in [0.1, 0.15) is 0 Å². The monoisotopic (exact) mass is 211 g/mol. The number of amides is 1. The number of aromatic nitrogens is 4. The van der Waals surface area contributed by atoms with Gasteiger partial charge in [-0.25, -0.2) is 4.68 Å². The number of tetrazole rings is 1. The van der Waals surface area contributed by atoms with Crippen LogP contribution in [0.2, 0.25) is 0 Å². The number of nitrogens with zero attached hydrogens (tertiary/aromatic N) is 4. The molecule has 0 saturated heterocycles. The molecular formula is C7H9N5OS. The van der Waals surface area contributed by atoms with Gasteiger partial charge < -0.3 is 5.32 Å². The highest BCUT2D eigenvalue weighted by Gasteiger charge is 2.06. The molecule has 7 heteroatoms. The Hall–Kier alpha value is -1.55. The molecule has 6 nitrogen and oxygen atoms in total. The zero-order valence-electron chi connectivity index (χ0n) is 7.60. The maximum absolute atomic E-state index is 11.1. The Bertz CT molecular complexity index is 355. The molecule has 1 rings (SSSR count). The summed E-state index contributed by atoms with van der Waals surface area (Å²) in [5, 5.41) is 13.9. The van der Waals surface area contributed by atoms with E-state index in [2.05, 4.69) is 26.8 Å². The molecule has 0 aliphatic rings. The average Bonchev–Trinajstić information content (AvgIpc) is 2.58. The Kier molecular flexibility index (Phi) is 3.94. The van der Waals surface area contributed by atoms with Gasteiger partial charge in [-0.05, 0) is 10.4 Å². The van der Waals surface area contributed by atoms with Crippen LogP contribution in [0.15, 0.2) is 5.16 Å². The summed E-state index contributed by atoms with van der Waals surface area (Å²) in [4.78, 5) is 11.1. The fourth-order valence-corrected chi connectivity index (χ4v) is 1.35. The van der Waals surface area contributed by atoms with E-state index in [1.165, 1.54) is 16.4 Å². The van der Waals surface area contributed by atoms with E-state index in [9.17, 15) is 4.79 Å². The molecule has 0 spiro atoms. The van der Waals surface area contributed by atoms with Gasteiger partial charge in [0.05, 0.1) is 12.3 Å². The second-order valence-electron chi connectivity index (χ2n) is 2.35. The highest BCUT2D eigenvalue weighted by Crippen LogP contribution is 2.10. The van der Waals surface area contributed by atoms with Crippen LogP contribution in [0.3, 0.4) is 0 Å². The van der Waals surface area contributed by atoms with Crippen molar-refractivity contribution in [1.29, 1.82) is 0 Å². The van der Waals surface area contributed by atoms with Crippen LogP contribution in [0, 0.1) is 12.3 Å². The Morgan fingerprint density at radius 1 is 1.79 bits per heavy atom. The van der Waals surface area contributed by atoms with E-state index in [1.807, 2.05) is 0 Å². The second kappa shape index (κ2) is 5.24. The second-order valence-corrected chi connectivity index (χ2v) is 3.30. The number of hydrogen-bond donors (Lipinski definition) is 1. The molecule has 1 aromatic heterocycles. The van der Waals surface area contributed by atoms with Crippen molar-refractivity contribution in [3.8, 4) is 12.3 Å². The van der Waals surface area contributed by atoms with Crippen LogP contribution >= 0.6 is 11.8 Å². The van der Waals surface area contributed by atoms with E-state index in [-0.39, 0.29) is 18.2 Å². The number of nitrogens with one attached hydrogen (secondary N) is 1. The fraction of sp³-hybridized carbons (Fsp3) is 0.429. The lowest BCUT2D eigenvalue weighted by Gasteiger charge is -1.99. The minimum absolute atomic E-state index is 0.129. The van der Waals surface area contributed by atoms with Crippen LogP contribution < -0.4 is 5.32 Å². The van der Waals surface area contributed by atoms with Crippen LogP contribution in [-0.4, -0.2) is 38.4 Å². The van der Waals surface area contributed by atoms with Crippen molar-refractivity contribution in [3.63, 3.8) is 0 Å². The summed E-state index contributed by atoms with van der Waals surface area (Å²) < 4.78 is 1.50. The first-order valence-corrected chi connectivity index (χ1v) is 4.78. The van der Waals surface area contributed by atoms with Crippen molar-refractivity contribution in [2.24, 2.45) is 7.05 Å². The van der Waals surface area contributed by atoms with Crippen molar-refractivity contribution in [1.82, 2.24) is 25.5 Å². The van der Waals surface area contributed by atoms with E-state index < -0.39 is 0 Å². The lowest BCUT2D eigenvalue weighted by atomic mass is 10.6. The zero-order valence-corrected chi connectivity index (χ0v) is 8.41. The predicted octanol–water partition coefficient (Wildman–Crippen LogP) is -0.948. The Balaban J connectivity index is 2.31. The van der Waals surface area contributed by atoms with Crippen molar-refractivity contribution in [2.45, 2.75) is 5.16 Å². The minimum Gasteiger partial charge on any atom is -0.344 e. The van der Waals surface area contributed by atoms with Gasteiger partial charge in [0.2, 0.25) is 11.1 Å². The summed E-state index contributed by atoms with van der Waals surface area (Å²) in [5.41, 5.74) is 0. The molecule has 0 saturated carbocycles. The van der Waals surface area contributed by atoms with Gasteiger partial charge in [0.15, 0.2) is 0 Å². The fourth-order valence-electron chi connectivity index (χ4n) is 0.674. The van der Waals surface area contributed by atoms with Gasteiger partial charge in [0.1, 0.15) is 0 Å². The largest absolute Gasteiger partial charge is 0.344 e. The molecule has 0 radical (unpaired) electrons. The Labute approximate surface area is 85.4 Å². The molecule has 1 heterocycles. The molecule has 0 aliphatic carbocycles. The number of terminal acetylenes is 1. The standard InChI is InChI=1S/C7H9N5OS/c1-3-4-8-6(13)5-14-7-9-10-11-12(7)2/h1H,4-5H2,2H3,(H,8,13). The van der Waals surface area contributed by atoms with E-state index in [1.54, 1.807) is 7.05 Å². The minimum atomic E-state index is -0.129.